The SMILES string of the molecule is CC(C)(C)OC(=O)N1CC(F)CC(C(=O)CN)C1. The van der Waals surface area contributed by atoms with Gasteiger partial charge >= 0.3 is 6.09 Å². The summed E-state index contributed by atoms with van der Waals surface area (Å²) >= 11 is 0. The van der Waals surface area contributed by atoms with Crippen LogP contribution in [0.4, 0.5) is 9.18 Å². The average Bonchev–Trinajstić information content (AvgIpc) is 2.24. The first-order valence-corrected chi connectivity index (χ1v) is 6.07. The van der Waals surface area contributed by atoms with E-state index in [1.165, 1.54) is 4.90 Å². The fourth-order valence-electron chi connectivity index (χ4n) is 1.91. The largest absolute Gasteiger partial charge is 0.444 e. The van der Waals surface area contributed by atoms with Crippen LogP contribution in [0.5, 0.6) is 0 Å². The van der Waals surface area contributed by atoms with Gasteiger partial charge in [-0.3, -0.25) is 4.79 Å². The lowest BCUT2D eigenvalue weighted by atomic mass is 9.93. The van der Waals surface area contributed by atoms with Crippen LogP contribution in [0.3, 0.4) is 0 Å². The van der Waals surface area contributed by atoms with E-state index in [2.05, 4.69) is 0 Å². The number of nitrogens with two attached hydrogens (primary N) is 1. The summed E-state index contributed by atoms with van der Waals surface area (Å²) in [4.78, 5) is 24.6. The molecule has 2 unspecified atom stereocenters. The van der Waals surface area contributed by atoms with Crippen molar-refractivity contribution in [3.8, 4) is 0 Å². The van der Waals surface area contributed by atoms with E-state index in [0.29, 0.717) is 0 Å². The molecule has 0 saturated carbocycles. The van der Waals surface area contributed by atoms with Gasteiger partial charge in [-0.25, -0.2) is 9.18 Å². The van der Waals surface area contributed by atoms with Crippen LogP contribution in [-0.4, -0.2) is 48.2 Å². The van der Waals surface area contributed by atoms with Crippen LogP contribution in [0.2, 0.25) is 0 Å². The van der Waals surface area contributed by atoms with Gasteiger partial charge in [-0.05, 0) is 27.2 Å². The number of Topliss-reactive ketones (excluding diaryl/α,β-unsaturated/α-hetero) is 1. The van der Waals surface area contributed by atoms with Crippen molar-refractivity contribution in [1.29, 1.82) is 0 Å². The highest BCUT2D eigenvalue weighted by atomic mass is 19.1. The van der Waals surface area contributed by atoms with Crippen molar-refractivity contribution >= 4 is 11.9 Å². The van der Waals surface area contributed by atoms with Gasteiger partial charge < -0.3 is 15.4 Å². The number of piperidine rings is 1. The quantitative estimate of drug-likeness (QED) is 0.807. The number of carbonyl (C=O) groups excluding carboxylic acids is 2. The summed E-state index contributed by atoms with van der Waals surface area (Å²) in [5, 5.41) is 0. The topological polar surface area (TPSA) is 72.6 Å². The second-order valence-corrected chi connectivity index (χ2v) is 5.59. The molecule has 0 aromatic carbocycles. The number of nitrogens with zero attached hydrogens (tertiary/aromatic N) is 1. The molecule has 1 amide bonds. The maximum atomic E-state index is 13.5. The van der Waals surface area contributed by atoms with E-state index < -0.39 is 23.8 Å². The third kappa shape index (κ3) is 4.25. The second-order valence-electron chi connectivity index (χ2n) is 5.59. The molecule has 5 nitrogen and oxygen atoms in total. The van der Waals surface area contributed by atoms with Crippen LogP contribution in [0.25, 0.3) is 0 Å². The van der Waals surface area contributed by atoms with E-state index in [1.54, 1.807) is 20.8 Å². The molecular formula is C12H21FN2O3. The van der Waals surface area contributed by atoms with Gasteiger partial charge in [0.15, 0.2) is 5.78 Å². The van der Waals surface area contributed by atoms with E-state index in [4.69, 9.17) is 10.5 Å². The van der Waals surface area contributed by atoms with Crippen molar-refractivity contribution in [3.63, 3.8) is 0 Å². The average molecular weight is 260 g/mol. The summed E-state index contributed by atoms with van der Waals surface area (Å²) in [6.45, 7) is 5.26. The van der Waals surface area contributed by atoms with Crippen LogP contribution < -0.4 is 5.73 Å². The molecule has 1 aliphatic rings. The van der Waals surface area contributed by atoms with Crippen molar-refractivity contribution in [2.75, 3.05) is 19.6 Å². The standard InChI is InChI=1S/C12H21FN2O3/c1-12(2,3)18-11(17)15-6-8(10(16)5-14)4-9(13)7-15/h8-9H,4-7,14H2,1-3H3. The van der Waals surface area contributed by atoms with Crippen molar-refractivity contribution in [2.24, 2.45) is 11.7 Å². The lowest BCUT2D eigenvalue weighted by molar-refractivity contribution is -0.123. The van der Waals surface area contributed by atoms with Gasteiger partial charge in [-0.15, -0.1) is 0 Å². The Bertz CT molecular complexity index is 328. The lowest BCUT2D eigenvalue weighted by Crippen LogP contribution is -2.49. The Labute approximate surface area is 106 Å². The van der Waals surface area contributed by atoms with Crippen molar-refractivity contribution in [2.45, 2.75) is 39.0 Å². The molecule has 18 heavy (non-hydrogen) atoms. The van der Waals surface area contributed by atoms with Crippen LogP contribution >= 0.6 is 0 Å². The first-order valence-electron chi connectivity index (χ1n) is 6.07. The smallest absolute Gasteiger partial charge is 0.410 e. The predicted molar refractivity (Wildman–Crippen MR) is 64.9 cm³/mol. The summed E-state index contributed by atoms with van der Waals surface area (Å²) in [7, 11) is 0. The number of alkyl halides is 1. The summed E-state index contributed by atoms with van der Waals surface area (Å²) in [6, 6.07) is 0. The fraction of sp³-hybridized carbons (Fsp3) is 0.833. The third-order valence-electron chi connectivity index (χ3n) is 2.71. The molecule has 0 bridgehead atoms. The summed E-state index contributed by atoms with van der Waals surface area (Å²) in [5.74, 6) is -0.739. The highest BCUT2D eigenvalue weighted by molar-refractivity contribution is 5.83. The first-order chi connectivity index (χ1) is 8.23. The van der Waals surface area contributed by atoms with Gasteiger partial charge in [0.05, 0.1) is 13.1 Å². The van der Waals surface area contributed by atoms with E-state index in [0.717, 1.165) is 0 Å². The minimum absolute atomic E-state index is 0.0245. The predicted octanol–water partition coefficient (Wildman–Crippen LogP) is 1.11. The normalized spacial score (nSPS) is 24.8. The molecule has 0 aromatic heterocycles. The molecule has 6 heteroatoms. The molecule has 0 spiro atoms. The monoisotopic (exact) mass is 260 g/mol. The Morgan fingerprint density at radius 3 is 2.50 bits per heavy atom. The fourth-order valence-corrected chi connectivity index (χ4v) is 1.91. The van der Waals surface area contributed by atoms with Crippen LogP contribution in [-0.2, 0) is 9.53 Å². The minimum Gasteiger partial charge on any atom is -0.444 e. The Morgan fingerprint density at radius 1 is 1.39 bits per heavy atom. The molecule has 0 aromatic rings. The zero-order chi connectivity index (χ0) is 13.9. The van der Waals surface area contributed by atoms with E-state index in [1.807, 2.05) is 0 Å². The second kappa shape index (κ2) is 5.65. The van der Waals surface area contributed by atoms with Gasteiger partial charge in [-0.1, -0.05) is 0 Å². The molecule has 1 fully saturated rings. The van der Waals surface area contributed by atoms with Crippen molar-refractivity contribution < 1.29 is 18.7 Å². The number of ketones is 1. The highest BCUT2D eigenvalue weighted by Gasteiger charge is 2.35. The molecule has 1 aliphatic heterocycles. The van der Waals surface area contributed by atoms with Crippen LogP contribution in [0.1, 0.15) is 27.2 Å². The number of likely N-dealkylation sites (tertiary alicyclic amines) is 1. The van der Waals surface area contributed by atoms with Crippen molar-refractivity contribution in [3.05, 3.63) is 0 Å². The molecule has 2 atom stereocenters. The van der Waals surface area contributed by atoms with E-state index >= 15 is 0 Å². The number of ether oxygens (including phenoxy) is 1. The Kier molecular flexibility index (Phi) is 4.67. The van der Waals surface area contributed by atoms with Crippen LogP contribution in [0, 0.1) is 5.92 Å². The summed E-state index contributed by atoms with van der Waals surface area (Å²) in [5.41, 5.74) is 4.63. The summed E-state index contributed by atoms with van der Waals surface area (Å²) in [6.07, 6.45) is -1.65. The molecule has 1 heterocycles. The number of hydrogen-bond donors (Lipinski definition) is 1. The maximum absolute atomic E-state index is 13.5. The number of carbonyl (C=O) groups is 2. The number of rotatable bonds is 2. The molecule has 0 aliphatic carbocycles. The van der Waals surface area contributed by atoms with Gasteiger partial charge in [0, 0.05) is 12.5 Å². The third-order valence-corrected chi connectivity index (χ3v) is 2.71. The van der Waals surface area contributed by atoms with Gasteiger partial charge in [0.2, 0.25) is 0 Å². The molecule has 1 rings (SSSR count). The number of halogens is 1. The summed E-state index contributed by atoms with van der Waals surface area (Å²) < 4.78 is 18.7. The zero-order valence-electron chi connectivity index (χ0n) is 11.1. The van der Waals surface area contributed by atoms with Gasteiger partial charge in [0.1, 0.15) is 11.8 Å². The van der Waals surface area contributed by atoms with E-state index in [9.17, 15) is 14.0 Å². The number of amides is 1. The van der Waals surface area contributed by atoms with Gasteiger partial charge in [-0.2, -0.15) is 0 Å². The number of hydrogen-bond acceptors (Lipinski definition) is 4. The van der Waals surface area contributed by atoms with Crippen molar-refractivity contribution in [1.82, 2.24) is 4.90 Å². The Balaban J connectivity index is 2.66. The Hall–Kier alpha value is -1.17. The van der Waals surface area contributed by atoms with Crippen LogP contribution in [0.15, 0.2) is 0 Å². The lowest BCUT2D eigenvalue weighted by Gasteiger charge is -2.35. The van der Waals surface area contributed by atoms with Gasteiger partial charge in [0.25, 0.3) is 0 Å². The zero-order valence-corrected chi connectivity index (χ0v) is 11.1. The first kappa shape index (κ1) is 14.9. The molecule has 2 N–H and O–H groups in total. The molecular weight excluding hydrogens is 239 g/mol. The van der Waals surface area contributed by atoms with E-state index in [-0.39, 0.29) is 31.8 Å². The molecule has 1 saturated heterocycles. The Morgan fingerprint density at radius 2 is 2.00 bits per heavy atom. The minimum atomic E-state index is -1.20. The highest BCUT2D eigenvalue weighted by Crippen LogP contribution is 2.22. The molecule has 0 radical (unpaired) electrons. The molecule has 104 valence electrons. The maximum Gasteiger partial charge on any atom is 0.410 e.